The largest absolute Gasteiger partial charge is 0.481 e. The molecular weight excluding hydrogens is 190 g/mol. The van der Waals surface area contributed by atoms with Crippen LogP contribution in [0.1, 0.15) is 12.0 Å². The van der Waals surface area contributed by atoms with Crippen LogP contribution in [-0.4, -0.2) is 16.1 Å². The monoisotopic (exact) mass is 197 g/mol. The summed E-state index contributed by atoms with van der Waals surface area (Å²) in [7, 11) is 0. The quantitative estimate of drug-likeness (QED) is 0.756. The van der Waals surface area contributed by atoms with Crippen LogP contribution in [0.25, 0.3) is 6.08 Å². The number of hydrogen-bond acceptors (Lipinski definition) is 2. The van der Waals surface area contributed by atoms with Gasteiger partial charge in [0.15, 0.2) is 0 Å². The van der Waals surface area contributed by atoms with E-state index in [1.165, 1.54) is 6.08 Å². The second kappa shape index (κ2) is 4.62. The van der Waals surface area contributed by atoms with E-state index in [2.05, 4.69) is 4.98 Å². The molecular formula is C9H8ClNO2. The van der Waals surface area contributed by atoms with Gasteiger partial charge < -0.3 is 5.11 Å². The molecule has 0 aliphatic rings. The van der Waals surface area contributed by atoms with Crippen molar-refractivity contribution in [2.45, 2.75) is 6.42 Å². The number of aromatic nitrogens is 1. The molecule has 4 heteroatoms. The Kier molecular flexibility index (Phi) is 3.46. The summed E-state index contributed by atoms with van der Waals surface area (Å²) in [6.07, 6.45) is 4.75. The van der Waals surface area contributed by atoms with Crippen molar-refractivity contribution < 1.29 is 9.90 Å². The topological polar surface area (TPSA) is 50.2 Å². The molecule has 0 aliphatic carbocycles. The number of carboxylic acids is 1. The minimum Gasteiger partial charge on any atom is -0.481 e. The van der Waals surface area contributed by atoms with E-state index < -0.39 is 5.97 Å². The SMILES string of the molecule is O=C(O)CC=Cc1cccnc1Cl. The van der Waals surface area contributed by atoms with Crippen LogP contribution >= 0.6 is 11.6 Å². The maximum atomic E-state index is 10.2. The zero-order chi connectivity index (χ0) is 9.68. The second-order valence-corrected chi connectivity index (χ2v) is 2.74. The van der Waals surface area contributed by atoms with E-state index in [0.29, 0.717) is 5.15 Å². The minimum absolute atomic E-state index is 0.00871. The van der Waals surface area contributed by atoms with E-state index in [1.54, 1.807) is 24.4 Å². The van der Waals surface area contributed by atoms with Gasteiger partial charge in [0.1, 0.15) is 5.15 Å². The highest BCUT2D eigenvalue weighted by Gasteiger charge is 1.95. The summed E-state index contributed by atoms with van der Waals surface area (Å²) in [4.78, 5) is 14.0. The smallest absolute Gasteiger partial charge is 0.307 e. The first kappa shape index (κ1) is 9.74. The summed E-state index contributed by atoms with van der Waals surface area (Å²) in [6.45, 7) is 0. The number of aliphatic carboxylic acids is 1. The van der Waals surface area contributed by atoms with Gasteiger partial charge in [-0.25, -0.2) is 4.98 Å². The van der Waals surface area contributed by atoms with Crippen molar-refractivity contribution in [2.75, 3.05) is 0 Å². The lowest BCUT2D eigenvalue weighted by molar-refractivity contribution is -0.135. The molecule has 13 heavy (non-hydrogen) atoms. The van der Waals surface area contributed by atoms with Crippen molar-refractivity contribution in [1.82, 2.24) is 4.98 Å². The van der Waals surface area contributed by atoms with E-state index in [0.717, 1.165) is 5.56 Å². The Balaban J connectivity index is 2.68. The third-order valence-corrected chi connectivity index (χ3v) is 1.69. The van der Waals surface area contributed by atoms with Gasteiger partial charge in [-0.15, -0.1) is 0 Å². The van der Waals surface area contributed by atoms with Gasteiger partial charge in [-0.1, -0.05) is 29.8 Å². The van der Waals surface area contributed by atoms with Crippen molar-refractivity contribution in [3.8, 4) is 0 Å². The molecule has 0 spiro atoms. The lowest BCUT2D eigenvalue weighted by Crippen LogP contribution is -1.89. The van der Waals surface area contributed by atoms with E-state index in [1.807, 2.05) is 0 Å². The Hall–Kier alpha value is -1.35. The third-order valence-electron chi connectivity index (χ3n) is 1.38. The van der Waals surface area contributed by atoms with Crippen LogP contribution in [-0.2, 0) is 4.79 Å². The molecule has 0 amide bonds. The van der Waals surface area contributed by atoms with Crippen molar-refractivity contribution >= 4 is 23.6 Å². The Bertz CT molecular complexity index is 336. The number of hydrogen-bond donors (Lipinski definition) is 1. The maximum absolute atomic E-state index is 10.2. The van der Waals surface area contributed by atoms with Gasteiger partial charge in [0.2, 0.25) is 0 Å². The van der Waals surface area contributed by atoms with E-state index >= 15 is 0 Å². The number of rotatable bonds is 3. The molecule has 0 atom stereocenters. The van der Waals surface area contributed by atoms with Gasteiger partial charge >= 0.3 is 5.97 Å². The summed E-state index contributed by atoms with van der Waals surface area (Å²) < 4.78 is 0. The highest BCUT2D eigenvalue weighted by Crippen LogP contribution is 2.13. The fourth-order valence-electron chi connectivity index (χ4n) is 0.810. The van der Waals surface area contributed by atoms with E-state index in [4.69, 9.17) is 16.7 Å². The summed E-state index contributed by atoms with van der Waals surface area (Å²) >= 11 is 5.73. The first-order valence-corrected chi connectivity index (χ1v) is 4.07. The van der Waals surface area contributed by atoms with Crippen molar-refractivity contribution in [3.63, 3.8) is 0 Å². The minimum atomic E-state index is -0.865. The van der Waals surface area contributed by atoms with Gasteiger partial charge in [0, 0.05) is 11.8 Å². The van der Waals surface area contributed by atoms with Crippen molar-refractivity contribution in [1.29, 1.82) is 0 Å². The highest BCUT2D eigenvalue weighted by atomic mass is 35.5. The van der Waals surface area contributed by atoms with Gasteiger partial charge in [-0.3, -0.25) is 4.79 Å². The summed E-state index contributed by atoms with van der Waals surface area (Å²) in [5.74, 6) is -0.865. The van der Waals surface area contributed by atoms with Crippen molar-refractivity contribution in [2.24, 2.45) is 0 Å². The fourth-order valence-corrected chi connectivity index (χ4v) is 0.992. The molecule has 0 saturated heterocycles. The van der Waals surface area contributed by atoms with E-state index in [9.17, 15) is 4.79 Å². The number of pyridine rings is 1. The summed E-state index contributed by atoms with van der Waals surface area (Å²) in [5, 5.41) is 8.74. The third kappa shape index (κ3) is 3.25. The molecule has 0 radical (unpaired) electrons. The zero-order valence-corrected chi connectivity index (χ0v) is 7.53. The summed E-state index contributed by atoms with van der Waals surface area (Å²) in [5.41, 5.74) is 0.727. The van der Waals surface area contributed by atoms with Crippen LogP contribution < -0.4 is 0 Å². The van der Waals surface area contributed by atoms with Gasteiger partial charge in [0.25, 0.3) is 0 Å². The molecule has 0 fully saturated rings. The van der Waals surface area contributed by atoms with Gasteiger partial charge in [0.05, 0.1) is 6.42 Å². The molecule has 3 nitrogen and oxygen atoms in total. The molecule has 0 aliphatic heterocycles. The highest BCUT2D eigenvalue weighted by molar-refractivity contribution is 6.30. The van der Waals surface area contributed by atoms with E-state index in [-0.39, 0.29) is 6.42 Å². The average molecular weight is 198 g/mol. The summed E-state index contributed by atoms with van der Waals surface area (Å²) in [6, 6.07) is 3.51. The average Bonchev–Trinajstić information content (AvgIpc) is 2.08. The van der Waals surface area contributed by atoms with Gasteiger partial charge in [-0.05, 0) is 6.07 Å². The molecule has 1 heterocycles. The number of carbonyl (C=O) groups is 1. The van der Waals surface area contributed by atoms with Gasteiger partial charge in [-0.2, -0.15) is 0 Å². The van der Waals surface area contributed by atoms with Crippen LogP contribution in [0.2, 0.25) is 5.15 Å². The molecule has 1 aromatic rings. The predicted molar refractivity (Wildman–Crippen MR) is 50.5 cm³/mol. The number of nitrogens with zero attached hydrogens (tertiary/aromatic N) is 1. The molecule has 0 aromatic carbocycles. The van der Waals surface area contributed by atoms with Crippen molar-refractivity contribution in [3.05, 3.63) is 35.1 Å². The lowest BCUT2D eigenvalue weighted by atomic mass is 10.2. The first-order chi connectivity index (χ1) is 6.20. The Labute approximate surface area is 80.7 Å². The number of carboxylic acid groups (broad SMARTS) is 1. The maximum Gasteiger partial charge on any atom is 0.307 e. The first-order valence-electron chi connectivity index (χ1n) is 3.69. The molecule has 0 bridgehead atoms. The Morgan fingerprint density at radius 1 is 1.69 bits per heavy atom. The predicted octanol–water partition coefficient (Wildman–Crippen LogP) is 2.22. The molecule has 0 unspecified atom stereocenters. The Morgan fingerprint density at radius 3 is 3.08 bits per heavy atom. The molecule has 1 aromatic heterocycles. The molecule has 1 N–H and O–H groups in total. The second-order valence-electron chi connectivity index (χ2n) is 2.38. The molecule has 1 rings (SSSR count). The zero-order valence-electron chi connectivity index (χ0n) is 6.77. The molecule has 0 saturated carbocycles. The normalized spacial score (nSPS) is 10.5. The van der Waals surface area contributed by atoms with Crippen LogP contribution in [0.4, 0.5) is 0 Å². The lowest BCUT2D eigenvalue weighted by Gasteiger charge is -1.94. The standard InChI is InChI=1S/C9H8ClNO2/c10-9-7(4-2-6-11-9)3-1-5-8(12)13/h1-4,6H,5H2,(H,12,13). The van der Waals surface area contributed by atoms with Crippen LogP contribution in [0, 0.1) is 0 Å². The van der Waals surface area contributed by atoms with Crippen LogP contribution in [0.3, 0.4) is 0 Å². The fraction of sp³-hybridized carbons (Fsp3) is 0.111. The number of halogens is 1. The Morgan fingerprint density at radius 2 is 2.46 bits per heavy atom. The molecule has 68 valence electrons. The van der Waals surface area contributed by atoms with Crippen LogP contribution in [0.15, 0.2) is 24.4 Å². The van der Waals surface area contributed by atoms with Crippen LogP contribution in [0.5, 0.6) is 0 Å².